The van der Waals surface area contributed by atoms with E-state index in [-0.39, 0.29) is 11.9 Å². The molecule has 1 saturated heterocycles. The maximum absolute atomic E-state index is 13.0. The second kappa shape index (κ2) is 3.77. The van der Waals surface area contributed by atoms with E-state index in [9.17, 15) is 4.39 Å². The molecule has 0 saturated carbocycles. The minimum atomic E-state index is -0.271. The van der Waals surface area contributed by atoms with E-state index in [1.807, 2.05) is 0 Å². The molecule has 1 aliphatic rings. The fraction of sp³-hybridized carbons (Fsp3) is 0.364. The van der Waals surface area contributed by atoms with Gasteiger partial charge in [0.1, 0.15) is 5.82 Å². The van der Waals surface area contributed by atoms with Gasteiger partial charge in [-0.25, -0.2) is 4.39 Å². The standard InChI is InChI=1S/C11H11FN2/c12-9-4-3-8(7-13)10(6-9)11-2-1-5-14-11/h3-4,6,11,14H,1-2,5H2/t11-/m0/s1. The van der Waals surface area contributed by atoms with E-state index >= 15 is 0 Å². The molecule has 14 heavy (non-hydrogen) atoms. The van der Waals surface area contributed by atoms with Crippen molar-refractivity contribution in [2.24, 2.45) is 0 Å². The van der Waals surface area contributed by atoms with Gasteiger partial charge in [0.05, 0.1) is 11.6 Å². The summed E-state index contributed by atoms with van der Waals surface area (Å²) in [5, 5.41) is 12.1. The number of nitriles is 1. The summed E-state index contributed by atoms with van der Waals surface area (Å²) in [6.07, 6.45) is 2.07. The highest BCUT2D eigenvalue weighted by Gasteiger charge is 2.19. The number of nitrogens with one attached hydrogen (secondary N) is 1. The number of benzene rings is 1. The van der Waals surface area contributed by atoms with Crippen LogP contribution in [0.3, 0.4) is 0 Å². The molecule has 1 heterocycles. The van der Waals surface area contributed by atoms with Crippen molar-refractivity contribution in [3.63, 3.8) is 0 Å². The Labute approximate surface area is 82.4 Å². The molecule has 1 fully saturated rings. The van der Waals surface area contributed by atoms with E-state index in [0.29, 0.717) is 5.56 Å². The zero-order valence-corrected chi connectivity index (χ0v) is 7.76. The van der Waals surface area contributed by atoms with E-state index in [1.165, 1.54) is 12.1 Å². The van der Waals surface area contributed by atoms with Crippen LogP contribution < -0.4 is 5.32 Å². The van der Waals surface area contributed by atoms with Crippen molar-refractivity contribution in [1.29, 1.82) is 5.26 Å². The molecule has 0 amide bonds. The van der Waals surface area contributed by atoms with Crippen LogP contribution in [-0.2, 0) is 0 Å². The fourth-order valence-corrected chi connectivity index (χ4v) is 1.87. The molecule has 0 unspecified atom stereocenters. The van der Waals surface area contributed by atoms with E-state index in [4.69, 9.17) is 5.26 Å². The topological polar surface area (TPSA) is 35.8 Å². The minimum Gasteiger partial charge on any atom is -0.310 e. The Balaban J connectivity index is 2.39. The van der Waals surface area contributed by atoms with E-state index < -0.39 is 0 Å². The van der Waals surface area contributed by atoms with Crippen LogP contribution in [0.4, 0.5) is 4.39 Å². The highest BCUT2D eigenvalue weighted by atomic mass is 19.1. The molecule has 2 nitrogen and oxygen atoms in total. The smallest absolute Gasteiger partial charge is 0.123 e. The first-order valence-electron chi connectivity index (χ1n) is 4.74. The lowest BCUT2D eigenvalue weighted by Gasteiger charge is -2.11. The molecular weight excluding hydrogens is 179 g/mol. The van der Waals surface area contributed by atoms with Crippen molar-refractivity contribution in [3.8, 4) is 6.07 Å². The monoisotopic (exact) mass is 190 g/mol. The number of hydrogen-bond acceptors (Lipinski definition) is 2. The van der Waals surface area contributed by atoms with Crippen molar-refractivity contribution < 1.29 is 4.39 Å². The summed E-state index contributed by atoms with van der Waals surface area (Å²) in [4.78, 5) is 0. The quantitative estimate of drug-likeness (QED) is 0.736. The van der Waals surface area contributed by atoms with Gasteiger partial charge in [-0.15, -0.1) is 0 Å². The molecule has 0 radical (unpaired) electrons. The van der Waals surface area contributed by atoms with Gasteiger partial charge in [-0.2, -0.15) is 5.26 Å². The summed E-state index contributed by atoms with van der Waals surface area (Å²) in [5.41, 5.74) is 1.37. The summed E-state index contributed by atoms with van der Waals surface area (Å²) < 4.78 is 13.0. The van der Waals surface area contributed by atoms with E-state index in [2.05, 4.69) is 11.4 Å². The molecule has 0 bridgehead atoms. The molecule has 1 aliphatic heterocycles. The van der Waals surface area contributed by atoms with Crippen LogP contribution in [0.5, 0.6) is 0 Å². The Morgan fingerprint density at radius 3 is 3.00 bits per heavy atom. The van der Waals surface area contributed by atoms with Crippen molar-refractivity contribution in [3.05, 3.63) is 35.1 Å². The summed E-state index contributed by atoms with van der Waals surface area (Å²) in [5.74, 6) is -0.271. The van der Waals surface area contributed by atoms with Crippen LogP contribution >= 0.6 is 0 Å². The lowest BCUT2D eigenvalue weighted by molar-refractivity contribution is 0.605. The Kier molecular flexibility index (Phi) is 2.47. The zero-order valence-electron chi connectivity index (χ0n) is 7.76. The van der Waals surface area contributed by atoms with Crippen LogP contribution in [0, 0.1) is 17.1 Å². The van der Waals surface area contributed by atoms with Gasteiger partial charge in [-0.05, 0) is 43.1 Å². The summed E-state index contributed by atoms with van der Waals surface area (Å²) >= 11 is 0. The van der Waals surface area contributed by atoms with Crippen LogP contribution in [0.1, 0.15) is 30.0 Å². The molecule has 1 aromatic rings. The summed E-state index contributed by atoms with van der Waals surface area (Å²) in [7, 11) is 0. The minimum absolute atomic E-state index is 0.153. The number of nitrogens with zero attached hydrogens (tertiary/aromatic N) is 1. The zero-order chi connectivity index (χ0) is 9.97. The van der Waals surface area contributed by atoms with E-state index in [0.717, 1.165) is 24.9 Å². The maximum atomic E-state index is 13.0. The Morgan fingerprint density at radius 2 is 2.36 bits per heavy atom. The Hall–Kier alpha value is -1.40. The van der Waals surface area contributed by atoms with Gasteiger partial charge in [-0.3, -0.25) is 0 Å². The van der Waals surface area contributed by atoms with Crippen molar-refractivity contribution in [1.82, 2.24) is 5.32 Å². The van der Waals surface area contributed by atoms with Crippen molar-refractivity contribution in [2.45, 2.75) is 18.9 Å². The van der Waals surface area contributed by atoms with Crippen LogP contribution in [0.2, 0.25) is 0 Å². The van der Waals surface area contributed by atoms with Gasteiger partial charge < -0.3 is 5.32 Å². The SMILES string of the molecule is N#Cc1ccc(F)cc1[C@@H]1CCCN1. The highest BCUT2D eigenvalue weighted by molar-refractivity contribution is 5.40. The third kappa shape index (κ3) is 1.61. The third-order valence-electron chi connectivity index (χ3n) is 2.57. The lowest BCUT2D eigenvalue weighted by Crippen LogP contribution is -2.14. The second-order valence-corrected chi connectivity index (χ2v) is 3.49. The maximum Gasteiger partial charge on any atom is 0.123 e. The van der Waals surface area contributed by atoms with Crippen molar-refractivity contribution in [2.75, 3.05) is 6.54 Å². The van der Waals surface area contributed by atoms with Gasteiger partial charge in [0.25, 0.3) is 0 Å². The first-order valence-corrected chi connectivity index (χ1v) is 4.74. The molecule has 1 aromatic carbocycles. The molecule has 3 heteroatoms. The fourth-order valence-electron chi connectivity index (χ4n) is 1.87. The van der Waals surface area contributed by atoms with Crippen LogP contribution in [0.25, 0.3) is 0 Å². The summed E-state index contributed by atoms with van der Waals surface area (Å²) in [6.45, 7) is 0.950. The molecule has 72 valence electrons. The second-order valence-electron chi connectivity index (χ2n) is 3.49. The molecule has 1 atom stereocenters. The van der Waals surface area contributed by atoms with E-state index in [1.54, 1.807) is 6.07 Å². The Morgan fingerprint density at radius 1 is 1.50 bits per heavy atom. The molecule has 2 rings (SSSR count). The number of halogens is 1. The van der Waals surface area contributed by atoms with Gasteiger partial charge in [0.2, 0.25) is 0 Å². The molecular formula is C11H11FN2. The van der Waals surface area contributed by atoms with Crippen molar-refractivity contribution >= 4 is 0 Å². The predicted octanol–water partition coefficient (Wildman–Crippen LogP) is 2.12. The average Bonchev–Trinajstić information content (AvgIpc) is 2.70. The van der Waals surface area contributed by atoms with Gasteiger partial charge in [0, 0.05) is 6.04 Å². The largest absolute Gasteiger partial charge is 0.310 e. The predicted molar refractivity (Wildman–Crippen MR) is 51.1 cm³/mol. The first-order chi connectivity index (χ1) is 6.81. The van der Waals surface area contributed by atoms with Gasteiger partial charge >= 0.3 is 0 Å². The van der Waals surface area contributed by atoms with Gasteiger partial charge in [-0.1, -0.05) is 0 Å². The third-order valence-corrected chi connectivity index (χ3v) is 2.57. The average molecular weight is 190 g/mol. The number of rotatable bonds is 1. The molecule has 0 aliphatic carbocycles. The molecule has 1 N–H and O–H groups in total. The highest BCUT2D eigenvalue weighted by Crippen LogP contribution is 2.26. The van der Waals surface area contributed by atoms with Crippen LogP contribution in [0.15, 0.2) is 18.2 Å². The Bertz CT molecular complexity index is 375. The number of hydrogen-bond donors (Lipinski definition) is 1. The lowest BCUT2D eigenvalue weighted by atomic mass is 10.00. The van der Waals surface area contributed by atoms with Gasteiger partial charge in [0.15, 0.2) is 0 Å². The first kappa shape index (κ1) is 9.17. The molecule has 0 spiro atoms. The van der Waals surface area contributed by atoms with Crippen LogP contribution in [-0.4, -0.2) is 6.54 Å². The summed E-state index contributed by atoms with van der Waals surface area (Å²) in [6, 6.07) is 6.58. The molecule has 0 aromatic heterocycles. The normalized spacial score (nSPS) is 20.7.